The Labute approximate surface area is 207 Å². The highest BCUT2D eigenvalue weighted by Crippen LogP contribution is 2.33. The van der Waals surface area contributed by atoms with Crippen LogP contribution in [0.4, 0.5) is 5.82 Å². The van der Waals surface area contributed by atoms with Crippen molar-refractivity contribution in [3.05, 3.63) is 52.7 Å². The normalized spacial score (nSPS) is 16.9. The van der Waals surface area contributed by atoms with Crippen LogP contribution in [0.1, 0.15) is 40.9 Å². The van der Waals surface area contributed by atoms with E-state index < -0.39 is 0 Å². The Bertz CT molecular complexity index is 1330. The second-order valence-electron chi connectivity index (χ2n) is 9.23. The average molecular weight is 492 g/mol. The topological polar surface area (TPSA) is 104 Å². The van der Waals surface area contributed by atoms with Crippen molar-refractivity contribution in [1.82, 2.24) is 30.1 Å². The highest BCUT2D eigenvalue weighted by molar-refractivity contribution is 7.17. The fourth-order valence-electron chi connectivity index (χ4n) is 3.93. The van der Waals surface area contributed by atoms with E-state index in [1.54, 1.807) is 10.7 Å². The Morgan fingerprint density at radius 3 is 2.91 bits per heavy atom. The van der Waals surface area contributed by atoms with Gasteiger partial charge in [0.25, 0.3) is 5.91 Å². The number of carbonyl (C=O) groups excluding carboxylic acids is 2. The first kappa shape index (κ1) is 23.3. The zero-order valence-electron chi connectivity index (χ0n) is 19.9. The van der Waals surface area contributed by atoms with Gasteiger partial charge in [0.05, 0.1) is 28.1 Å². The van der Waals surface area contributed by atoms with Gasteiger partial charge in [-0.3, -0.25) is 9.59 Å². The summed E-state index contributed by atoms with van der Waals surface area (Å²) in [7, 11) is 4.04. The van der Waals surface area contributed by atoms with Gasteiger partial charge in [0.1, 0.15) is 5.82 Å². The van der Waals surface area contributed by atoms with E-state index in [9.17, 15) is 9.59 Å². The van der Waals surface area contributed by atoms with Gasteiger partial charge < -0.3 is 20.9 Å². The van der Waals surface area contributed by atoms with Gasteiger partial charge in [0.15, 0.2) is 5.65 Å². The fraction of sp³-hybridized carbons (Fsp3) is 0.360. The standard InChI is InChI=1S/C25H29N7O2S/c1-15-16(12-23(33)28-15)11-17-14-27-32-22(29-18-5-6-18)13-19(30-24(17)32)20-7-8-21(35-20)25(34)26-9-4-10-31(2)3/h7-8,11,13-14,18,29H,1,4-6,9-10,12H2,2-3H3,(H,26,34)(H,28,33)/b16-11+. The minimum absolute atomic E-state index is 0.0615. The number of hydrogen-bond acceptors (Lipinski definition) is 7. The minimum atomic E-state index is -0.0656. The molecule has 1 aliphatic heterocycles. The molecule has 9 nitrogen and oxygen atoms in total. The lowest BCUT2D eigenvalue weighted by Crippen LogP contribution is -2.26. The zero-order valence-corrected chi connectivity index (χ0v) is 20.7. The molecule has 0 atom stereocenters. The summed E-state index contributed by atoms with van der Waals surface area (Å²) in [5, 5.41) is 13.8. The maximum absolute atomic E-state index is 12.6. The van der Waals surface area contributed by atoms with Crippen LogP contribution in [0.2, 0.25) is 0 Å². The number of nitrogens with zero attached hydrogens (tertiary/aromatic N) is 4. The summed E-state index contributed by atoms with van der Waals surface area (Å²) in [5.41, 5.74) is 3.72. The summed E-state index contributed by atoms with van der Waals surface area (Å²) in [4.78, 5) is 32.9. The Morgan fingerprint density at radius 1 is 1.37 bits per heavy atom. The number of carbonyl (C=O) groups is 2. The summed E-state index contributed by atoms with van der Waals surface area (Å²) in [6, 6.07) is 6.21. The minimum Gasteiger partial charge on any atom is -0.367 e. The lowest BCUT2D eigenvalue weighted by Gasteiger charge is -2.10. The Hall–Kier alpha value is -3.50. The molecule has 3 N–H and O–H groups in total. The number of amides is 2. The quantitative estimate of drug-likeness (QED) is 0.398. The molecule has 0 bridgehead atoms. The molecule has 1 saturated heterocycles. The van der Waals surface area contributed by atoms with Crippen LogP contribution in [0.25, 0.3) is 22.3 Å². The molecule has 182 valence electrons. The first-order chi connectivity index (χ1) is 16.9. The molecule has 35 heavy (non-hydrogen) atoms. The van der Waals surface area contributed by atoms with Crippen molar-refractivity contribution >= 4 is 40.7 Å². The molecule has 0 spiro atoms. The van der Waals surface area contributed by atoms with Crippen molar-refractivity contribution in [1.29, 1.82) is 0 Å². The molecule has 1 saturated carbocycles. The maximum atomic E-state index is 12.6. The first-order valence-electron chi connectivity index (χ1n) is 11.8. The van der Waals surface area contributed by atoms with E-state index in [2.05, 4.69) is 32.5 Å². The van der Waals surface area contributed by atoms with Crippen LogP contribution >= 0.6 is 11.3 Å². The van der Waals surface area contributed by atoms with Gasteiger partial charge in [-0.05, 0) is 63.7 Å². The van der Waals surface area contributed by atoms with E-state index in [4.69, 9.17) is 4.98 Å². The van der Waals surface area contributed by atoms with Crippen LogP contribution in [0.5, 0.6) is 0 Å². The molecule has 4 heterocycles. The van der Waals surface area contributed by atoms with E-state index >= 15 is 0 Å². The van der Waals surface area contributed by atoms with Crippen molar-refractivity contribution in [2.45, 2.75) is 31.7 Å². The largest absolute Gasteiger partial charge is 0.367 e. The van der Waals surface area contributed by atoms with Gasteiger partial charge in [-0.2, -0.15) is 9.61 Å². The van der Waals surface area contributed by atoms with E-state index in [1.165, 1.54) is 11.3 Å². The van der Waals surface area contributed by atoms with Crippen LogP contribution < -0.4 is 16.0 Å². The van der Waals surface area contributed by atoms with E-state index in [-0.39, 0.29) is 11.8 Å². The summed E-state index contributed by atoms with van der Waals surface area (Å²) in [5.74, 6) is 0.734. The number of hydrogen-bond donors (Lipinski definition) is 3. The zero-order chi connectivity index (χ0) is 24.5. The lowest BCUT2D eigenvalue weighted by atomic mass is 10.1. The maximum Gasteiger partial charge on any atom is 0.261 e. The number of aromatic nitrogens is 3. The van der Waals surface area contributed by atoms with Crippen LogP contribution in [0, 0.1) is 0 Å². The van der Waals surface area contributed by atoms with Gasteiger partial charge in [-0.25, -0.2) is 4.98 Å². The van der Waals surface area contributed by atoms with E-state index in [0.717, 1.165) is 53.3 Å². The highest BCUT2D eigenvalue weighted by Gasteiger charge is 2.24. The lowest BCUT2D eigenvalue weighted by molar-refractivity contribution is -0.118. The molecule has 2 fully saturated rings. The summed E-state index contributed by atoms with van der Waals surface area (Å²) >= 11 is 1.43. The predicted molar refractivity (Wildman–Crippen MR) is 138 cm³/mol. The van der Waals surface area contributed by atoms with Crippen LogP contribution in [-0.2, 0) is 4.79 Å². The molecular weight excluding hydrogens is 462 g/mol. The SMILES string of the molecule is C=C1NC(=O)C/C1=C\c1cnn2c(NC3CC3)cc(-c3ccc(C(=O)NCCCN(C)C)s3)nc12. The van der Waals surface area contributed by atoms with Gasteiger partial charge in [0.2, 0.25) is 5.91 Å². The van der Waals surface area contributed by atoms with E-state index in [0.29, 0.717) is 35.2 Å². The van der Waals surface area contributed by atoms with Gasteiger partial charge in [-0.15, -0.1) is 11.3 Å². The van der Waals surface area contributed by atoms with Gasteiger partial charge >= 0.3 is 0 Å². The smallest absolute Gasteiger partial charge is 0.261 e. The second-order valence-corrected chi connectivity index (χ2v) is 10.3. The molecule has 3 aromatic rings. The summed E-state index contributed by atoms with van der Waals surface area (Å²) < 4.78 is 1.80. The van der Waals surface area contributed by atoms with Crippen molar-refractivity contribution in [3.8, 4) is 10.6 Å². The summed E-state index contributed by atoms with van der Waals surface area (Å²) in [6.07, 6.45) is 7.12. The molecule has 2 aliphatic rings. The molecule has 3 aromatic heterocycles. The molecule has 2 amide bonds. The third kappa shape index (κ3) is 5.28. The third-order valence-electron chi connectivity index (χ3n) is 5.94. The predicted octanol–water partition coefficient (Wildman–Crippen LogP) is 3.13. The Morgan fingerprint density at radius 2 is 2.20 bits per heavy atom. The molecule has 10 heteroatoms. The molecule has 0 unspecified atom stereocenters. The van der Waals surface area contributed by atoms with Crippen molar-refractivity contribution in [3.63, 3.8) is 0 Å². The molecule has 5 rings (SSSR count). The number of rotatable bonds is 9. The van der Waals surface area contributed by atoms with Gasteiger partial charge in [-0.1, -0.05) is 6.58 Å². The van der Waals surface area contributed by atoms with Crippen LogP contribution in [-0.4, -0.2) is 64.5 Å². The van der Waals surface area contributed by atoms with Gasteiger partial charge in [0, 0.05) is 29.9 Å². The summed E-state index contributed by atoms with van der Waals surface area (Å²) in [6.45, 7) is 5.50. The van der Waals surface area contributed by atoms with Crippen LogP contribution in [0.15, 0.2) is 42.2 Å². The monoisotopic (exact) mass is 491 g/mol. The molecule has 1 aliphatic carbocycles. The number of thiophene rings is 1. The Balaban J connectivity index is 1.44. The second kappa shape index (κ2) is 9.63. The third-order valence-corrected chi connectivity index (χ3v) is 7.04. The number of allylic oxidation sites excluding steroid dienone is 1. The van der Waals surface area contributed by atoms with Crippen LogP contribution in [0.3, 0.4) is 0 Å². The number of fused-ring (bicyclic) bond motifs is 1. The fourth-order valence-corrected chi connectivity index (χ4v) is 4.81. The Kier molecular flexibility index (Phi) is 6.40. The van der Waals surface area contributed by atoms with Crippen molar-refractivity contribution < 1.29 is 9.59 Å². The number of nitrogens with one attached hydrogen (secondary N) is 3. The molecule has 0 aromatic carbocycles. The first-order valence-corrected chi connectivity index (χ1v) is 12.6. The molecule has 0 radical (unpaired) electrons. The number of anilines is 1. The van der Waals surface area contributed by atoms with Crippen molar-refractivity contribution in [2.75, 3.05) is 32.5 Å². The van der Waals surface area contributed by atoms with Crippen molar-refractivity contribution in [2.24, 2.45) is 0 Å². The average Bonchev–Trinajstić information content (AvgIpc) is 3.19. The molecular formula is C25H29N7O2S. The highest BCUT2D eigenvalue weighted by atomic mass is 32.1. The van der Waals surface area contributed by atoms with E-state index in [1.807, 2.05) is 38.4 Å².